The van der Waals surface area contributed by atoms with Crippen molar-refractivity contribution in [3.63, 3.8) is 0 Å². The van der Waals surface area contributed by atoms with Crippen LogP contribution < -0.4 is 4.72 Å². The van der Waals surface area contributed by atoms with Gasteiger partial charge in [0.1, 0.15) is 0 Å². The van der Waals surface area contributed by atoms with E-state index in [9.17, 15) is 8.42 Å². The quantitative estimate of drug-likeness (QED) is 0.925. The molecule has 0 atom stereocenters. The second-order valence-electron chi connectivity index (χ2n) is 6.58. The van der Waals surface area contributed by atoms with Gasteiger partial charge in [-0.25, -0.2) is 13.1 Å². The number of aryl methyl sites for hydroxylation is 2. The Morgan fingerprint density at radius 2 is 1.58 bits per heavy atom. The molecule has 0 aromatic heterocycles. The Bertz CT molecular complexity index is 570. The highest BCUT2D eigenvalue weighted by Crippen LogP contribution is 2.30. The Kier molecular flexibility index (Phi) is 3.52. The van der Waals surface area contributed by atoms with Crippen LogP contribution in [0.1, 0.15) is 50.3 Å². The van der Waals surface area contributed by atoms with Crippen molar-refractivity contribution in [2.24, 2.45) is 0 Å². The fourth-order valence-corrected chi connectivity index (χ4v) is 4.04. The van der Waals surface area contributed by atoms with E-state index in [-0.39, 0.29) is 11.5 Å². The number of hydrogen-bond donors (Lipinski definition) is 1. The molecule has 1 saturated carbocycles. The normalized spacial score (nSPS) is 16.7. The molecule has 1 aromatic carbocycles. The third-order valence-electron chi connectivity index (χ3n) is 3.49. The zero-order valence-electron chi connectivity index (χ0n) is 12.4. The molecule has 1 fully saturated rings. The van der Waals surface area contributed by atoms with Crippen molar-refractivity contribution in [2.45, 2.75) is 63.8 Å². The lowest BCUT2D eigenvalue weighted by Crippen LogP contribution is -2.27. The molecular formula is C15H23NO2S. The lowest BCUT2D eigenvalue weighted by atomic mass is 9.85. The first kappa shape index (κ1) is 14.5. The van der Waals surface area contributed by atoms with E-state index < -0.39 is 10.0 Å². The maximum absolute atomic E-state index is 12.4. The van der Waals surface area contributed by atoms with Gasteiger partial charge in [0.25, 0.3) is 0 Å². The van der Waals surface area contributed by atoms with Gasteiger partial charge in [0.15, 0.2) is 0 Å². The maximum Gasteiger partial charge on any atom is 0.241 e. The predicted molar refractivity (Wildman–Crippen MR) is 78.0 cm³/mol. The molecule has 0 bridgehead atoms. The fraction of sp³-hybridized carbons (Fsp3) is 0.600. The molecule has 0 saturated heterocycles. The lowest BCUT2D eigenvalue weighted by Gasteiger charge is -2.22. The van der Waals surface area contributed by atoms with E-state index in [0.717, 1.165) is 24.0 Å². The van der Waals surface area contributed by atoms with Gasteiger partial charge in [0.05, 0.1) is 4.90 Å². The SMILES string of the molecule is Cc1cc(C(C)(C)C)cc(C)c1S(=O)(=O)NC1CC1. The van der Waals surface area contributed by atoms with Gasteiger partial charge >= 0.3 is 0 Å². The summed E-state index contributed by atoms with van der Waals surface area (Å²) in [5.41, 5.74) is 2.87. The van der Waals surface area contributed by atoms with Crippen LogP contribution in [-0.4, -0.2) is 14.5 Å². The molecule has 4 heteroatoms. The molecule has 0 heterocycles. The summed E-state index contributed by atoms with van der Waals surface area (Å²) in [4.78, 5) is 0.451. The summed E-state index contributed by atoms with van der Waals surface area (Å²) in [5.74, 6) is 0. The molecule has 2 rings (SSSR count). The van der Waals surface area contributed by atoms with Crippen LogP contribution in [-0.2, 0) is 15.4 Å². The molecule has 1 N–H and O–H groups in total. The average Bonchev–Trinajstić information content (AvgIpc) is 2.97. The molecule has 0 amide bonds. The largest absolute Gasteiger partial charge is 0.241 e. The van der Waals surface area contributed by atoms with Crippen LogP contribution in [0.15, 0.2) is 17.0 Å². The van der Waals surface area contributed by atoms with E-state index in [4.69, 9.17) is 0 Å². The Balaban J connectivity index is 2.47. The van der Waals surface area contributed by atoms with Crippen molar-refractivity contribution in [1.82, 2.24) is 4.72 Å². The van der Waals surface area contributed by atoms with Crippen molar-refractivity contribution in [3.05, 3.63) is 28.8 Å². The third-order valence-corrected chi connectivity index (χ3v) is 5.32. The van der Waals surface area contributed by atoms with Crippen molar-refractivity contribution in [3.8, 4) is 0 Å². The van der Waals surface area contributed by atoms with Gasteiger partial charge in [-0.2, -0.15) is 0 Å². The summed E-state index contributed by atoms with van der Waals surface area (Å²) in [6.45, 7) is 10.2. The minimum Gasteiger partial charge on any atom is -0.208 e. The van der Waals surface area contributed by atoms with Crippen molar-refractivity contribution in [1.29, 1.82) is 0 Å². The molecule has 106 valence electrons. The second kappa shape index (κ2) is 4.60. The lowest BCUT2D eigenvalue weighted by molar-refractivity contribution is 0.575. The maximum atomic E-state index is 12.4. The molecule has 0 aliphatic heterocycles. The van der Waals surface area contributed by atoms with E-state index in [1.807, 2.05) is 26.0 Å². The van der Waals surface area contributed by atoms with Crippen molar-refractivity contribution in [2.75, 3.05) is 0 Å². The average molecular weight is 281 g/mol. The van der Waals surface area contributed by atoms with Crippen molar-refractivity contribution < 1.29 is 8.42 Å². The zero-order valence-corrected chi connectivity index (χ0v) is 13.2. The molecule has 19 heavy (non-hydrogen) atoms. The molecule has 1 aliphatic rings. The van der Waals surface area contributed by atoms with Gasteiger partial charge in [-0.15, -0.1) is 0 Å². The summed E-state index contributed by atoms with van der Waals surface area (Å²) in [5, 5.41) is 0. The number of rotatable bonds is 3. The van der Waals surface area contributed by atoms with Gasteiger partial charge < -0.3 is 0 Å². The highest BCUT2D eigenvalue weighted by molar-refractivity contribution is 7.89. The van der Waals surface area contributed by atoms with Crippen LogP contribution in [0.2, 0.25) is 0 Å². The number of hydrogen-bond acceptors (Lipinski definition) is 2. The summed E-state index contributed by atoms with van der Waals surface area (Å²) in [6, 6.07) is 4.13. The highest BCUT2D eigenvalue weighted by atomic mass is 32.2. The third kappa shape index (κ3) is 3.18. The van der Waals surface area contributed by atoms with Crippen LogP contribution >= 0.6 is 0 Å². The van der Waals surface area contributed by atoms with Gasteiger partial charge in [-0.05, 0) is 48.8 Å². The van der Waals surface area contributed by atoms with Crippen molar-refractivity contribution >= 4 is 10.0 Å². The van der Waals surface area contributed by atoms with E-state index in [1.165, 1.54) is 5.56 Å². The Morgan fingerprint density at radius 3 is 1.95 bits per heavy atom. The van der Waals surface area contributed by atoms with Crippen LogP contribution in [0.5, 0.6) is 0 Å². The Labute approximate surface area is 116 Å². The smallest absolute Gasteiger partial charge is 0.208 e. The first-order valence-electron chi connectivity index (χ1n) is 6.75. The fourth-order valence-electron chi connectivity index (χ4n) is 2.29. The van der Waals surface area contributed by atoms with Gasteiger partial charge in [0, 0.05) is 6.04 Å². The topological polar surface area (TPSA) is 46.2 Å². The van der Waals surface area contributed by atoms with Crippen LogP contribution in [0.4, 0.5) is 0 Å². The Morgan fingerprint density at radius 1 is 1.11 bits per heavy atom. The van der Waals surface area contributed by atoms with E-state index in [0.29, 0.717) is 4.90 Å². The second-order valence-corrected chi connectivity index (χ2v) is 8.24. The minimum atomic E-state index is -3.37. The van der Waals surface area contributed by atoms with E-state index >= 15 is 0 Å². The highest BCUT2D eigenvalue weighted by Gasteiger charge is 2.30. The summed E-state index contributed by atoms with van der Waals surface area (Å²) >= 11 is 0. The standard InChI is InChI=1S/C15H23NO2S/c1-10-8-12(15(3,4)5)9-11(2)14(10)19(17,18)16-13-6-7-13/h8-9,13,16H,6-7H2,1-5H3. The molecule has 0 unspecified atom stereocenters. The first-order chi connectivity index (χ1) is 8.61. The van der Waals surface area contributed by atoms with Crippen LogP contribution in [0.25, 0.3) is 0 Å². The van der Waals surface area contributed by atoms with Gasteiger partial charge in [0.2, 0.25) is 10.0 Å². The summed E-state index contributed by atoms with van der Waals surface area (Å²) < 4.78 is 27.5. The van der Waals surface area contributed by atoms with Crippen LogP contribution in [0, 0.1) is 13.8 Å². The van der Waals surface area contributed by atoms with E-state index in [1.54, 1.807) is 0 Å². The number of nitrogens with one attached hydrogen (secondary N) is 1. The molecule has 0 radical (unpaired) electrons. The zero-order chi connectivity index (χ0) is 14.4. The molecule has 3 nitrogen and oxygen atoms in total. The molecule has 1 aromatic rings. The molecule has 0 spiro atoms. The summed E-state index contributed by atoms with van der Waals surface area (Å²) in [6.07, 6.45) is 1.91. The first-order valence-corrected chi connectivity index (χ1v) is 8.23. The van der Waals surface area contributed by atoms with E-state index in [2.05, 4.69) is 25.5 Å². The minimum absolute atomic E-state index is 0.0295. The van der Waals surface area contributed by atoms with Gasteiger partial charge in [-0.3, -0.25) is 0 Å². The Hall–Kier alpha value is -0.870. The van der Waals surface area contributed by atoms with Crippen LogP contribution in [0.3, 0.4) is 0 Å². The van der Waals surface area contributed by atoms with Gasteiger partial charge in [-0.1, -0.05) is 32.9 Å². The monoisotopic (exact) mass is 281 g/mol. The molecule has 1 aliphatic carbocycles. The number of benzene rings is 1. The molecular weight excluding hydrogens is 258 g/mol. The number of sulfonamides is 1. The summed E-state index contributed by atoms with van der Waals surface area (Å²) in [7, 11) is -3.37. The predicted octanol–water partition coefficient (Wildman–Crippen LogP) is 3.04.